The number of fused-ring (bicyclic) bond motifs is 2. The van der Waals surface area contributed by atoms with Crippen LogP contribution in [0.2, 0.25) is 0 Å². The van der Waals surface area contributed by atoms with Gasteiger partial charge in [0.15, 0.2) is 5.84 Å². The van der Waals surface area contributed by atoms with Crippen LogP contribution in [0.25, 0.3) is 0 Å². The zero-order valence-electron chi connectivity index (χ0n) is 17.2. The number of rotatable bonds is 2. The highest BCUT2D eigenvalue weighted by Gasteiger charge is 2.35. The molecule has 32 heavy (non-hydrogen) atoms. The van der Waals surface area contributed by atoms with Crippen LogP contribution in [0.5, 0.6) is 0 Å². The van der Waals surface area contributed by atoms with E-state index in [-0.39, 0.29) is 34.1 Å². The third-order valence-corrected chi connectivity index (χ3v) is 7.46. The SMILES string of the molecule is CN1C(=O)c2ccc(NC(=O)C3CCN(C4=NS(=O)(=O)c5ccccc54)CC3)cc2C1=O. The smallest absolute Gasteiger partial charge is 0.285 e. The van der Waals surface area contributed by atoms with Crippen molar-refractivity contribution in [2.24, 2.45) is 10.3 Å². The van der Waals surface area contributed by atoms with Crippen LogP contribution in [0.1, 0.15) is 39.1 Å². The van der Waals surface area contributed by atoms with Gasteiger partial charge < -0.3 is 10.2 Å². The highest BCUT2D eigenvalue weighted by molar-refractivity contribution is 7.90. The van der Waals surface area contributed by atoms with Crippen LogP contribution in [-0.2, 0) is 14.8 Å². The number of carbonyl (C=O) groups is 3. The molecule has 5 rings (SSSR count). The maximum absolute atomic E-state index is 12.8. The van der Waals surface area contributed by atoms with Crippen molar-refractivity contribution < 1.29 is 22.8 Å². The van der Waals surface area contributed by atoms with Crippen LogP contribution in [0.3, 0.4) is 0 Å². The number of imide groups is 1. The van der Waals surface area contributed by atoms with Crippen molar-refractivity contribution in [1.82, 2.24) is 9.80 Å². The number of likely N-dealkylation sites (tertiary alicyclic amines) is 1. The van der Waals surface area contributed by atoms with E-state index in [4.69, 9.17) is 0 Å². The molecule has 1 N–H and O–H groups in total. The Bertz CT molecular complexity index is 1310. The second kappa shape index (κ2) is 7.27. The highest BCUT2D eigenvalue weighted by atomic mass is 32.2. The minimum atomic E-state index is -3.68. The van der Waals surface area contributed by atoms with E-state index in [9.17, 15) is 22.8 Å². The topological polar surface area (TPSA) is 116 Å². The first-order valence-corrected chi connectivity index (χ1v) is 11.7. The molecule has 3 aliphatic heterocycles. The number of hydrogen-bond acceptors (Lipinski definition) is 6. The Morgan fingerprint density at radius 1 is 1.00 bits per heavy atom. The zero-order valence-corrected chi connectivity index (χ0v) is 18.1. The van der Waals surface area contributed by atoms with Gasteiger partial charge in [-0.15, -0.1) is 4.40 Å². The number of amides is 3. The Balaban J connectivity index is 1.26. The molecule has 0 unspecified atom stereocenters. The predicted molar refractivity (Wildman–Crippen MR) is 116 cm³/mol. The summed E-state index contributed by atoms with van der Waals surface area (Å²) in [7, 11) is -2.25. The maximum Gasteiger partial charge on any atom is 0.285 e. The Morgan fingerprint density at radius 2 is 1.69 bits per heavy atom. The van der Waals surface area contributed by atoms with Crippen LogP contribution in [0.4, 0.5) is 5.69 Å². The summed E-state index contributed by atoms with van der Waals surface area (Å²) in [6.45, 7) is 1.01. The van der Waals surface area contributed by atoms with Gasteiger partial charge >= 0.3 is 0 Å². The van der Waals surface area contributed by atoms with E-state index in [1.165, 1.54) is 13.1 Å². The normalized spacial score (nSPS) is 19.6. The van der Waals surface area contributed by atoms with Gasteiger partial charge in [0, 0.05) is 37.3 Å². The molecule has 0 spiro atoms. The first-order valence-electron chi connectivity index (χ1n) is 10.2. The van der Waals surface area contributed by atoms with Gasteiger partial charge in [-0.2, -0.15) is 8.42 Å². The van der Waals surface area contributed by atoms with E-state index >= 15 is 0 Å². The van der Waals surface area contributed by atoms with Crippen LogP contribution in [0.15, 0.2) is 51.8 Å². The van der Waals surface area contributed by atoms with Gasteiger partial charge in [-0.3, -0.25) is 19.3 Å². The zero-order chi connectivity index (χ0) is 22.6. The van der Waals surface area contributed by atoms with Crippen molar-refractivity contribution in [3.05, 3.63) is 59.2 Å². The summed E-state index contributed by atoms with van der Waals surface area (Å²) >= 11 is 0. The number of hydrogen-bond donors (Lipinski definition) is 1. The number of nitrogens with one attached hydrogen (secondary N) is 1. The van der Waals surface area contributed by atoms with Gasteiger partial charge in [-0.05, 0) is 43.2 Å². The summed E-state index contributed by atoms with van der Waals surface area (Å²) in [5, 5.41) is 2.84. The van der Waals surface area contributed by atoms with Crippen molar-refractivity contribution >= 4 is 39.3 Å². The minimum Gasteiger partial charge on any atom is -0.355 e. The van der Waals surface area contributed by atoms with E-state index in [2.05, 4.69) is 9.71 Å². The number of benzene rings is 2. The summed E-state index contributed by atoms with van der Waals surface area (Å²) in [5.41, 5.74) is 1.67. The molecule has 3 heterocycles. The largest absolute Gasteiger partial charge is 0.355 e. The number of anilines is 1. The predicted octanol–water partition coefficient (Wildman–Crippen LogP) is 1.71. The summed E-state index contributed by atoms with van der Waals surface area (Å²) in [6, 6.07) is 11.4. The lowest BCUT2D eigenvalue weighted by Gasteiger charge is -2.32. The highest BCUT2D eigenvalue weighted by Crippen LogP contribution is 2.30. The van der Waals surface area contributed by atoms with Gasteiger partial charge in [0.1, 0.15) is 4.90 Å². The first-order chi connectivity index (χ1) is 15.3. The summed E-state index contributed by atoms with van der Waals surface area (Å²) in [6.07, 6.45) is 1.08. The molecule has 0 aliphatic carbocycles. The van der Waals surface area contributed by atoms with Gasteiger partial charge in [0.25, 0.3) is 21.8 Å². The van der Waals surface area contributed by atoms with E-state index in [1.807, 2.05) is 4.90 Å². The lowest BCUT2D eigenvalue weighted by atomic mass is 9.95. The molecule has 0 atom stereocenters. The number of sulfonamides is 1. The lowest BCUT2D eigenvalue weighted by molar-refractivity contribution is -0.121. The molecule has 164 valence electrons. The summed E-state index contributed by atoms with van der Waals surface area (Å²) in [4.78, 5) is 40.1. The second-order valence-electron chi connectivity index (χ2n) is 8.07. The molecule has 10 heteroatoms. The fourth-order valence-corrected chi connectivity index (χ4v) is 5.58. The van der Waals surface area contributed by atoms with Crippen molar-refractivity contribution in [2.45, 2.75) is 17.7 Å². The van der Waals surface area contributed by atoms with Crippen LogP contribution < -0.4 is 5.32 Å². The van der Waals surface area contributed by atoms with E-state index < -0.39 is 10.0 Å². The van der Waals surface area contributed by atoms with Crippen LogP contribution >= 0.6 is 0 Å². The van der Waals surface area contributed by atoms with Crippen molar-refractivity contribution in [3.8, 4) is 0 Å². The van der Waals surface area contributed by atoms with Gasteiger partial charge in [0.2, 0.25) is 5.91 Å². The van der Waals surface area contributed by atoms with Crippen LogP contribution in [0, 0.1) is 5.92 Å². The molecule has 2 aromatic carbocycles. The molecule has 0 aromatic heterocycles. The molecule has 0 radical (unpaired) electrons. The molecule has 1 saturated heterocycles. The quantitative estimate of drug-likeness (QED) is 0.694. The Labute approximate surface area is 184 Å². The van der Waals surface area contributed by atoms with Crippen molar-refractivity contribution in [1.29, 1.82) is 0 Å². The third kappa shape index (κ3) is 3.18. The number of nitrogens with zero attached hydrogens (tertiary/aromatic N) is 3. The summed E-state index contributed by atoms with van der Waals surface area (Å²) < 4.78 is 28.6. The van der Waals surface area contributed by atoms with Crippen LogP contribution in [-0.4, -0.2) is 61.9 Å². The second-order valence-corrected chi connectivity index (χ2v) is 9.64. The van der Waals surface area contributed by atoms with E-state index in [0.717, 1.165) is 4.90 Å². The first kappa shape index (κ1) is 20.4. The third-order valence-electron chi connectivity index (χ3n) is 6.13. The Kier molecular flexibility index (Phi) is 4.63. The van der Waals surface area contributed by atoms with Gasteiger partial charge in [-0.1, -0.05) is 12.1 Å². The van der Waals surface area contributed by atoms with E-state index in [1.54, 1.807) is 36.4 Å². The Morgan fingerprint density at radius 3 is 2.44 bits per heavy atom. The van der Waals surface area contributed by atoms with E-state index in [0.29, 0.717) is 48.6 Å². The molecule has 3 aliphatic rings. The van der Waals surface area contributed by atoms with Crippen molar-refractivity contribution in [2.75, 3.05) is 25.5 Å². The number of piperidine rings is 1. The molecular weight excluding hydrogens is 432 g/mol. The molecule has 3 amide bonds. The fourth-order valence-electron chi connectivity index (χ4n) is 4.35. The molecule has 0 saturated carbocycles. The van der Waals surface area contributed by atoms with Gasteiger partial charge in [-0.25, -0.2) is 0 Å². The molecule has 2 aromatic rings. The average Bonchev–Trinajstić information content (AvgIpc) is 3.19. The number of amidine groups is 1. The lowest BCUT2D eigenvalue weighted by Crippen LogP contribution is -2.41. The average molecular weight is 452 g/mol. The number of carbonyl (C=O) groups excluding carboxylic acids is 3. The summed E-state index contributed by atoms with van der Waals surface area (Å²) in [5.74, 6) is -0.731. The maximum atomic E-state index is 12.8. The molecule has 9 nitrogen and oxygen atoms in total. The Hall–Kier alpha value is -3.53. The van der Waals surface area contributed by atoms with Crippen molar-refractivity contribution in [3.63, 3.8) is 0 Å². The molecule has 0 bridgehead atoms. The molecular formula is C22H20N4O5S. The minimum absolute atomic E-state index is 0.170. The monoisotopic (exact) mass is 452 g/mol. The molecule has 1 fully saturated rings. The standard InChI is InChI=1S/C22H20N4O5S/c1-25-21(28)15-7-6-14(12-17(15)22(25)29)23-20(27)13-8-10-26(11-9-13)19-16-4-2-3-5-18(16)32(30,31)24-19/h2-7,12-13H,8-11H2,1H3,(H,23,27). The fraction of sp³-hybridized carbons (Fsp3) is 0.273. The van der Waals surface area contributed by atoms with Gasteiger partial charge in [0.05, 0.1) is 11.1 Å².